The molecule has 0 aromatic heterocycles. The number of hydrogen-bond acceptors (Lipinski definition) is 5. The number of nitrogens with one attached hydrogen (secondary N) is 2. The maximum Gasteiger partial charge on any atom is 0.325 e. The van der Waals surface area contributed by atoms with E-state index in [4.69, 9.17) is 4.74 Å². The van der Waals surface area contributed by atoms with Crippen molar-refractivity contribution in [2.75, 3.05) is 19.7 Å². The third-order valence-corrected chi connectivity index (χ3v) is 7.61. The van der Waals surface area contributed by atoms with Gasteiger partial charge >= 0.3 is 5.97 Å². The zero-order chi connectivity index (χ0) is 30.1. The van der Waals surface area contributed by atoms with E-state index in [1.165, 1.54) is 6.08 Å². The Bertz CT molecular complexity index is 1430. The van der Waals surface area contributed by atoms with Crippen molar-refractivity contribution in [2.24, 2.45) is 0 Å². The number of esters is 1. The molecule has 1 saturated heterocycles. The SMILES string of the molecule is C=CCOC(=O)CNC(=O)C(Cc1ccccc1)NC(=O)C1CN1C(c1ccccc1)(c1ccccc1)c1ccccc1. The fraction of sp³-hybridized carbons (Fsp3) is 0.194. The molecule has 7 nitrogen and oxygen atoms in total. The minimum atomic E-state index is -0.885. The number of carbonyl (C=O) groups excluding carboxylic acids is 3. The highest BCUT2D eigenvalue weighted by molar-refractivity contribution is 5.92. The number of rotatable bonds is 13. The van der Waals surface area contributed by atoms with Crippen LogP contribution in [0.15, 0.2) is 134 Å². The summed E-state index contributed by atoms with van der Waals surface area (Å²) in [6.07, 6.45) is 1.73. The van der Waals surface area contributed by atoms with E-state index in [0.29, 0.717) is 6.54 Å². The standard InChI is InChI=1S/C36H35N3O4/c1-2-23-43-33(40)25-37-34(41)31(24-27-15-7-3-8-16-27)38-35(42)32-26-39(32)36(28-17-9-4-10-18-28,29-19-11-5-12-20-29)30-21-13-6-14-22-30/h2-22,31-32H,1,23-26H2,(H,37,41)(H,38,42). The van der Waals surface area contributed by atoms with Gasteiger partial charge < -0.3 is 15.4 Å². The van der Waals surface area contributed by atoms with Crippen LogP contribution in [0.4, 0.5) is 0 Å². The summed E-state index contributed by atoms with van der Waals surface area (Å²) in [6.45, 7) is 3.78. The Balaban J connectivity index is 1.43. The normalized spacial score (nSPS) is 16.4. The summed E-state index contributed by atoms with van der Waals surface area (Å²) >= 11 is 0. The van der Waals surface area contributed by atoms with Crippen molar-refractivity contribution in [2.45, 2.75) is 24.0 Å². The Labute approximate surface area is 252 Å². The van der Waals surface area contributed by atoms with Crippen molar-refractivity contribution in [3.05, 3.63) is 156 Å². The second-order valence-corrected chi connectivity index (χ2v) is 10.4. The van der Waals surface area contributed by atoms with Gasteiger partial charge in [0, 0.05) is 13.0 Å². The highest BCUT2D eigenvalue weighted by Crippen LogP contribution is 2.48. The maximum atomic E-state index is 13.9. The van der Waals surface area contributed by atoms with Crippen LogP contribution in [0.5, 0.6) is 0 Å². The first kappa shape index (κ1) is 29.5. The summed E-state index contributed by atoms with van der Waals surface area (Å²) in [5.41, 5.74) is 3.28. The van der Waals surface area contributed by atoms with Crippen molar-refractivity contribution in [1.82, 2.24) is 15.5 Å². The van der Waals surface area contributed by atoms with Crippen LogP contribution in [-0.4, -0.2) is 54.5 Å². The summed E-state index contributed by atoms with van der Waals surface area (Å²) in [4.78, 5) is 41.4. The quantitative estimate of drug-likeness (QED) is 0.108. The molecule has 4 aromatic rings. The van der Waals surface area contributed by atoms with E-state index in [0.717, 1.165) is 22.3 Å². The highest BCUT2D eigenvalue weighted by atomic mass is 16.5. The molecule has 43 heavy (non-hydrogen) atoms. The van der Waals surface area contributed by atoms with Crippen LogP contribution in [0.3, 0.4) is 0 Å². The zero-order valence-corrected chi connectivity index (χ0v) is 23.9. The lowest BCUT2D eigenvalue weighted by Crippen LogP contribution is -2.51. The summed E-state index contributed by atoms with van der Waals surface area (Å²) in [5.74, 6) is -1.29. The molecule has 0 aliphatic carbocycles. The van der Waals surface area contributed by atoms with Crippen LogP contribution < -0.4 is 10.6 Å². The molecule has 3 atom stereocenters. The van der Waals surface area contributed by atoms with Gasteiger partial charge in [-0.1, -0.05) is 134 Å². The molecule has 0 spiro atoms. The second kappa shape index (κ2) is 13.8. The van der Waals surface area contributed by atoms with Gasteiger partial charge in [0.15, 0.2) is 0 Å². The summed E-state index contributed by atoms with van der Waals surface area (Å²) in [6, 6.07) is 38.6. The first-order chi connectivity index (χ1) is 21.0. The molecule has 0 saturated carbocycles. The third kappa shape index (κ3) is 6.74. The van der Waals surface area contributed by atoms with Gasteiger partial charge in [0.1, 0.15) is 25.2 Å². The molecular formula is C36H35N3O4. The van der Waals surface area contributed by atoms with Gasteiger partial charge in [0.25, 0.3) is 0 Å². The first-order valence-corrected chi connectivity index (χ1v) is 14.4. The summed E-state index contributed by atoms with van der Waals surface area (Å²) < 4.78 is 4.98. The summed E-state index contributed by atoms with van der Waals surface area (Å²) in [5, 5.41) is 5.61. The minimum absolute atomic E-state index is 0.0579. The van der Waals surface area contributed by atoms with Crippen LogP contribution in [-0.2, 0) is 31.1 Å². The molecule has 0 radical (unpaired) electrons. The fourth-order valence-corrected chi connectivity index (χ4v) is 5.58. The molecule has 1 heterocycles. The number of benzene rings is 4. The lowest BCUT2D eigenvalue weighted by molar-refractivity contribution is -0.143. The van der Waals surface area contributed by atoms with Gasteiger partial charge in [0.2, 0.25) is 11.8 Å². The average Bonchev–Trinajstić information content (AvgIpc) is 3.86. The monoisotopic (exact) mass is 573 g/mol. The van der Waals surface area contributed by atoms with E-state index in [1.54, 1.807) is 0 Å². The lowest BCUT2D eigenvalue weighted by atomic mass is 9.76. The van der Waals surface area contributed by atoms with E-state index in [-0.39, 0.29) is 25.5 Å². The Kier molecular flexibility index (Phi) is 9.44. The number of carbonyl (C=O) groups is 3. The van der Waals surface area contributed by atoms with Crippen LogP contribution in [0.2, 0.25) is 0 Å². The van der Waals surface area contributed by atoms with Gasteiger partial charge in [-0.2, -0.15) is 0 Å². The predicted octanol–water partition coefficient (Wildman–Crippen LogP) is 4.24. The Hall–Kier alpha value is -5.01. The predicted molar refractivity (Wildman–Crippen MR) is 166 cm³/mol. The van der Waals surface area contributed by atoms with Crippen LogP contribution in [0.25, 0.3) is 0 Å². The molecule has 1 aliphatic heterocycles. The van der Waals surface area contributed by atoms with E-state index in [1.807, 2.05) is 84.9 Å². The van der Waals surface area contributed by atoms with Crippen LogP contribution in [0.1, 0.15) is 22.3 Å². The third-order valence-electron chi connectivity index (χ3n) is 7.61. The molecule has 0 bridgehead atoms. The van der Waals surface area contributed by atoms with E-state index >= 15 is 0 Å². The molecule has 3 unspecified atom stereocenters. The van der Waals surface area contributed by atoms with Gasteiger partial charge in [-0.15, -0.1) is 0 Å². The van der Waals surface area contributed by atoms with Gasteiger partial charge in [0.05, 0.1) is 5.54 Å². The number of nitrogens with zero attached hydrogens (tertiary/aromatic N) is 1. The second-order valence-electron chi connectivity index (χ2n) is 10.4. The van der Waals surface area contributed by atoms with Crippen molar-refractivity contribution in [1.29, 1.82) is 0 Å². The highest BCUT2D eigenvalue weighted by Gasteiger charge is 2.56. The molecular weight excluding hydrogens is 538 g/mol. The molecule has 4 aromatic carbocycles. The van der Waals surface area contributed by atoms with Crippen molar-refractivity contribution in [3.63, 3.8) is 0 Å². The van der Waals surface area contributed by atoms with Crippen molar-refractivity contribution < 1.29 is 19.1 Å². The lowest BCUT2D eigenvalue weighted by Gasteiger charge is -2.38. The topological polar surface area (TPSA) is 87.5 Å². The molecule has 1 aliphatic rings. The smallest absolute Gasteiger partial charge is 0.325 e. The molecule has 1 fully saturated rings. The number of hydrogen-bond donors (Lipinski definition) is 2. The van der Waals surface area contributed by atoms with Gasteiger partial charge in [-0.3, -0.25) is 19.3 Å². The van der Waals surface area contributed by atoms with Crippen LogP contribution >= 0.6 is 0 Å². The molecule has 7 heteroatoms. The van der Waals surface area contributed by atoms with E-state index in [9.17, 15) is 14.4 Å². The number of ether oxygens (including phenoxy) is 1. The zero-order valence-electron chi connectivity index (χ0n) is 23.9. The Morgan fingerprint density at radius 2 is 1.30 bits per heavy atom. The van der Waals surface area contributed by atoms with Crippen molar-refractivity contribution in [3.8, 4) is 0 Å². The summed E-state index contributed by atoms with van der Waals surface area (Å²) in [7, 11) is 0. The van der Waals surface area contributed by atoms with Crippen molar-refractivity contribution >= 4 is 17.8 Å². The molecule has 2 amide bonds. The fourth-order valence-electron chi connectivity index (χ4n) is 5.58. The largest absolute Gasteiger partial charge is 0.460 e. The Morgan fingerprint density at radius 1 is 0.814 bits per heavy atom. The van der Waals surface area contributed by atoms with Gasteiger partial charge in [-0.25, -0.2) is 0 Å². The average molecular weight is 574 g/mol. The maximum absolute atomic E-state index is 13.9. The van der Waals surface area contributed by atoms with E-state index < -0.39 is 29.5 Å². The molecule has 2 N–H and O–H groups in total. The van der Waals surface area contributed by atoms with Crippen LogP contribution in [0, 0.1) is 0 Å². The van der Waals surface area contributed by atoms with Gasteiger partial charge in [-0.05, 0) is 22.3 Å². The first-order valence-electron chi connectivity index (χ1n) is 14.4. The minimum Gasteiger partial charge on any atom is -0.460 e. The molecule has 5 rings (SSSR count). The number of amides is 2. The molecule has 218 valence electrons. The van der Waals surface area contributed by atoms with E-state index in [2.05, 4.69) is 58.5 Å². The Morgan fingerprint density at radius 3 is 1.79 bits per heavy atom.